The molecule has 0 radical (unpaired) electrons. The highest BCUT2D eigenvalue weighted by Crippen LogP contribution is 2.23. The minimum Gasteiger partial charge on any atom is -0.373 e. The molecule has 0 atom stereocenters. The summed E-state index contributed by atoms with van der Waals surface area (Å²) in [5.41, 5.74) is 0.631. The Morgan fingerprint density at radius 1 is 1.28 bits per heavy atom. The van der Waals surface area contributed by atoms with Crippen LogP contribution >= 0.6 is 11.6 Å². The minimum atomic E-state index is 0.00769. The summed E-state index contributed by atoms with van der Waals surface area (Å²) in [4.78, 5) is 11.9. The highest BCUT2D eigenvalue weighted by molar-refractivity contribution is 6.31. The van der Waals surface area contributed by atoms with Crippen molar-refractivity contribution in [1.29, 1.82) is 0 Å². The number of carbonyl (C=O) groups excluding carboxylic acids is 1. The van der Waals surface area contributed by atoms with Crippen molar-refractivity contribution < 1.29 is 9.53 Å². The molecule has 0 aromatic heterocycles. The lowest BCUT2D eigenvalue weighted by molar-refractivity contribution is 0.0628. The lowest BCUT2D eigenvalue weighted by Gasteiger charge is -2.21. The zero-order valence-corrected chi connectivity index (χ0v) is 11.3. The Labute approximate surface area is 113 Å². The van der Waals surface area contributed by atoms with Gasteiger partial charge in [0.25, 0.3) is 0 Å². The van der Waals surface area contributed by atoms with Gasteiger partial charge in [0, 0.05) is 10.6 Å². The number of ketones is 1. The molecule has 0 N–H and O–H groups in total. The summed E-state index contributed by atoms with van der Waals surface area (Å²) in [6.07, 6.45) is 6.43. The maximum absolute atomic E-state index is 11.9. The Hall–Kier alpha value is -0.860. The van der Waals surface area contributed by atoms with Crippen LogP contribution in [0.3, 0.4) is 0 Å². The highest BCUT2D eigenvalue weighted by atomic mass is 35.5. The van der Waals surface area contributed by atoms with Crippen LogP contribution in [0, 0.1) is 5.92 Å². The molecule has 1 saturated carbocycles. The first-order chi connectivity index (χ1) is 8.75. The van der Waals surface area contributed by atoms with E-state index in [4.69, 9.17) is 16.3 Å². The summed E-state index contributed by atoms with van der Waals surface area (Å²) in [5.74, 6) is 0.652. The Bertz CT molecular complexity index is 397. The van der Waals surface area contributed by atoms with Gasteiger partial charge in [-0.3, -0.25) is 4.79 Å². The molecule has 0 aliphatic heterocycles. The van der Waals surface area contributed by atoms with E-state index in [1.807, 2.05) is 0 Å². The third kappa shape index (κ3) is 4.11. The molecule has 0 spiro atoms. The molecule has 0 bridgehead atoms. The standard InChI is InChI=1S/C15H19ClO2/c16-14-8-4-7-13(9-14)15(17)11-18-10-12-5-2-1-3-6-12/h4,7-9,12H,1-3,5-6,10-11H2. The van der Waals surface area contributed by atoms with E-state index in [2.05, 4.69) is 0 Å². The van der Waals surface area contributed by atoms with E-state index in [9.17, 15) is 4.79 Å². The van der Waals surface area contributed by atoms with Crippen LogP contribution < -0.4 is 0 Å². The van der Waals surface area contributed by atoms with Crippen LogP contribution in [0.2, 0.25) is 5.02 Å². The molecule has 98 valence electrons. The minimum absolute atomic E-state index is 0.00769. The van der Waals surface area contributed by atoms with Gasteiger partial charge in [0.05, 0.1) is 6.61 Å². The Kier molecular flexibility index (Phi) is 5.21. The SMILES string of the molecule is O=C(COCC1CCCCC1)c1cccc(Cl)c1. The number of hydrogen-bond acceptors (Lipinski definition) is 2. The van der Waals surface area contributed by atoms with Crippen LogP contribution in [0.4, 0.5) is 0 Å². The zero-order valence-electron chi connectivity index (χ0n) is 10.5. The van der Waals surface area contributed by atoms with Crippen LogP contribution in [0.1, 0.15) is 42.5 Å². The van der Waals surface area contributed by atoms with Crippen molar-refractivity contribution in [3.8, 4) is 0 Å². The van der Waals surface area contributed by atoms with Crippen LogP contribution in [0.25, 0.3) is 0 Å². The van der Waals surface area contributed by atoms with Gasteiger partial charge in [-0.1, -0.05) is 43.0 Å². The van der Waals surface area contributed by atoms with E-state index in [0.29, 0.717) is 23.1 Å². The smallest absolute Gasteiger partial charge is 0.188 e. The Balaban J connectivity index is 1.74. The van der Waals surface area contributed by atoms with Crippen molar-refractivity contribution in [2.75, 3.05) is 13.2 Å². The quantitative estimate of drug-likeness (QED) is 0.750. The van der Waals surface area contributed by atoms with Crippen molar-refractivity contribution in [3.63, 3.8) is 0 Å². The fourth-order valence-electron chi connectivity index (χ4n) is 2.42. The van der Waals surface area contributed by atoms with Gasteiger partial charge < -0.3 is 4.74 Å². The molecule has 0 saturated heterocycles. The summed E-state index contributed by atoms with van der Waals surface area (Å²) in [5, 5.41) is 0.591. The number of Topliss-reactive ketones (excluding diaryl/α,β-unsaturated/α-hetero) is 1. The molecule has 1 aromatic carbocycles. The van der Waals surface area contributed by atoms with Crippen LogP contribution in [-0.2, 0) is 4.74 Å². The molecule has 0 unspecified atom stereocenters. The van der Waals surface area contributed by atoms with Gasteiger partial charge in [0.2, 0.25) is 0 Å². The lowest BCUT2D eigenvalue weighted by Crippen LogP contribution is -2.17. The van der Waals surface area contributed by atoms with Crippen LogP contribution in [0.15, 0.2) is 24.3 Å². The second-order valence-corrected chi connectivity index (χ2v) is 5.39. The highest BCUT2D eigenvalue weighted by Gasteiger charge is 2.14. The van der Waals surface area contributed by atoms with Gasteiger partial charge in [-0.05, 0) is 30.9 Å². The first-order valence-electron chi connectivity index (χ1n) is 6.62. The predicted octanol–water partition coefficient (Wildman–Crippen LogP) is 4.12. The van der Waals surface area contributed by atoms with Gasteiger partial charge >= 0.3 is 0 Å². The largest absolute Gasteiger partial charge is 0.373 e. The van der Waals surface area contributed by atoms with Crippen LogP contribution in [-0.4, -0.2) is 19.0 Å². The molecule has 0 amide bonds. The van der Waals surface area contributed by atoms with Gasteiger partial charge in [-0.2, -0.15) is 0 Å². The number of hydrogen-bond donors (Lipinski definition) is 0. The van der Waals surface area contributed by atoms with Crippen molar-refractivity contribution in [3.05, 3.63) is 34.9 Å². The first kappa shape index (κ1) is 13.6. The summed E-state index contributed by atoms with van der Waals surface area (Å²) < 4.78 is 5.54. The van der Waals surface area contributed by atoms with E-state index in [0.717, 1.165) is 0 Å². The Morgan fingerprint density at radius 3 is 2.78 bits per heavy atom. The molecule has 18 heavy (non-hydrogen) atoms. The summed E-state index contributed by atoms with van der Waals surface area (Å²) in [6, 6.07) is 7.02. The van der Waals surface area contributed by atoms with Gasteiger partial charge in [-0.15, -0.1) is 0 Å². The molecule has 1 fully saturated rings. The molecule has 1 aromatic rings. The monoisotopic (exact) mass is 266 g/mol. The van der Waals surface area contributed by atoms with Crippen molar-refractivity contribution in [2.45, 2.75) is 32.1 Å². The zero-order chi connectivity index (χ0) is 12.8. The fourth-order valence-corrected chi connectivity index (χ4v) is 2.61. The average Bonchev–Trinajstić information content (AvgIpc) is 2.40. The number of rotatable bonds is 5. The van der Waals surface area contributed by atoms with Gasteiger partial charge in [0.15, 0.2) is 5.78 Å². The molecule has 1 aliphatic carbocycles. The molecule has 0 heterocycles. The maximum atomic E-state index is 11.9. The van der Waals surface area contributed by atoms with Crippen LogP contribution in [0.5, 0.6) is 0 Å². The molecule has 3 heteroatoms. The average molecular weight is 267 g/mol. The fraction of sp³-hybridized carbons (Fsp3) is 0.533. The summed E-state index contributed by atoms with van der Waals surface area (Å²) in [6.45, 7) is 0.878. The van der Waals surface area contributed by atoms with Crippen molar-refractivity contribution in [1.82, 2.24) is 0 Å². The number of ether oxygens (including phenoxy) is 1. The van der Waals surface area contributed by atoms with E-state index in [1.165, 1.54) is 32.1 Å². The third-order valence-corrected chi connectivity index (χ3v) is 3.69. The molecule has 2 rings (SSSR count). The predicted molar refractivity (Wildman–Crippen MR) is 73.2 cm³/mol. The third-order valence-electron chi connectivity index (χ3n) is 3.46. The number of halogens is 1. The summed E-state index contributed by atoms with van der Waals surface area (Å²) in [7, 11) is 0. The van der Waals surface area contributed by atoms with Crippen molar-refractivity contribution >= 4 is 17.4 Å². The van der Waals surface area contributed by atoms with Gasteiger partial charge in [0.1, 0.15) is 6.61 Å². The van der Waals surface area contributed by atoms with E-state index in [-0.39, 0.29) is 12.4 Å². The molecule has 1 aliphatic rings. The maximum Gasteiger partial charge on any atom is 0.188 e. The van der Waals surface area contributed by atoms with E-state index in [1.54, 1.807) is 24.3 Å². The second-order valence-electron chi connectivity index (χ2n) is 4.95. The molecular formula is C15H19ClO2. The van der Waals surface area contributed by atoms with E-state index >= 15 is 0 Å². The molecular weight excluding hydrogens is 248 g/mol. The Morgan fingerprint density at radius 2 is 2.06 bits per heavy atom. The van der Waals surface area contributed by atoms with Crippen molar-refractivity contribution in [2.24, 2.45) is 5.92 Å². The topological polar surface area (TPSA) is 26.3 Å². The van der Waals surface area contributed by atoms with E-state index < -0.39 is 0 Å². The molecule has 2 nitrogen and oxygen atoms in total. The normalized spacial score (nSPS) is 16.7. The summed E-state index contributed by atoms with van der Waals surface area (Å²) >= 11 is 5.85. The number of carbonyl (C=O) groups is 1. The lowest BCUT2D eigenvalue weighted by atomic mass is 9.90. The van der Waals surface area contributed by atoms with Gasteiger partial charge in [-0.25, -0.2) is 0 Å². The second kappa shape index (κ2) is 6.91. The number of benzene rings is 1. The first-order valence-corrected chi connectivity index (χ1v) is 7.00.